The smallest absolute Gasteiger partial charge is 0.227 e. The predicted octanol–water partition coefficient (Wildman–Crippen LogP) is 3.33. The fourth-order valence-corrected chi connectivity index (χ4v) is 3.20. The number of carbonyl (C=O) groups excluding carboxylic acids is 2. The van der Waals surface area contributed by atoms with Crippen LogP contribution in [0, 0.1) is 12.8 Å². The quantitative estimate of drug-likeness (QED) is 0.875. The summed E-state index contributed by atoms with van der Waals surface area (Å²) < 4.78 is 5.32. The largest absolute Gasteiger partial charge is 0.495 e. The van der Waals surface area contributed by atoms with Gasteiger partial charge in [0.2, 0.25) is 11.8 Å². The van der Waals surface area contributed by atoms with Crippen LogP contribution in [0.3, 0.4) is 0 Å². The molecule has 2 amide bonds. The minimum atomic E-state index is -0.392. The van der Waals surface area contributed by atoms with Crippen LogP contribution in [0.25, 0.3) is 0 Å². The highest BCUT2D eigenvalue weighted by molar-refractivity contribution is 6.31. The molecule has 3 rings (SSSR count). The van der Waals surface area contributed by atoms with E-state index in [0.29, 0.717) is 29.5 Å². The normalized spacial score (nSPS) is 16.7. The number of carbonyl (C=O) groups is 2. The summed E-state index contributed by atoms with van der Waals surface area (Å²) in [7, 11) is 1.54. The summed E-state index contributed by atoms with van der Waals surface area (Å²) >= 11 is 6.05. The zero-order valence-electron chi connectivity index (χ0n) is 14.8. The molecule has 1 heterocycles. The van der Waals surface area contributed by atoms with Gasteiger partial charge in [-0.3, -0.25) is 9.59 Å². The van der Waals surface area contributed by atoms with Crippen molar-refractivity contribution in [3.05, 3.63) is 58.6 Å². The zero-order valence-corrected chi connectivity index (χ0v) is 15.5. The molecular weight excluding hydrogens is 352 g/mol. The molecule has 0 aromatic heterocycles. The summed E-state index contributed by atoms with van der Waals surface area (Å²) in [5.74, 6) is -0.0661. The number of methoxy groups -OCH3 is 1. The van der Waals surface area contributed by atoms with Crippen molar-refractivity contribution in [3.8, 4) is 5.75 Å². The van der Waals surface area contributed by atoms with Gasteiger partial charge < -0.3 is 15.0 Å². The molecule has 26 heavy (non-hydrogen) atoms. The summed E-state index contributed by atoms with van der Waals surface area (Å²) in [6.45, 7) is 2.78. The molecule has 1 aliphatic rings. The van der Waals surface area contributed by atoms with Crippen LogP contribution < -0.4 is 15.0 Å². The summed E-state index contributed by atoms with van der Waals surface area (Å²) in [6, 6.07) is 13.1. The van der Waals surface area contributed by atoms with Crippen LogP contribution >= 0.6 is 11.6 Å². The van der Waals surface area contributed by atoms with Crippen LogP contribution in [0.2, 0.25) is 5.02 Å². The Balaban J connectivity index is 1.66. The van der Waals surface area contributed by atoms with E-state index in [-0.39, 0.29) is 18.2 Å². The molecule has 0 aliphatic carbocycles. The number of nitrogens with zero attached hydrogens (tertiary/aromatic N) is 1. The molecular formula is C20H21ClN2O3. The van der Waals surface area contributed by atoms with E-state index in [1.165, 1.54) is 5.56 Å². The Kier molecular flexibility index (Phi) is 5.47. The number of rotatable bonds is 5. The maximum absolute atomic E-state index is 12.5. The van der Waals surface area contributed by atoms with Crippen molar-refractivity contribution in [3.63, 3.8) is 0 Å². The molecule has 5 nitrogen and oxygen atoms in total. The van der Waals surface area contributed by atoms with Gasteiger partial charge in [-0.2, -0.15) is 0 Å². The molecule has 136 valence electrons. The van der Waals surface area contributed by atoms with Crippen LogP contribution in [0.1, 0.15) is 17.5 Å². The maximum Gasteiger partial charge on any atom is 0.227 e. The lowest BCUT2D eigenvalue weighted by Gasteiger charge is -2.20. The third kappa shape index (κ3) is 3.99. The first-order chi connectivity index (χ1) is 12.5. The summed E-state index contributed by atoms with van der Waals surface area (Å²) in [5, 5.41) is 3.43. The zero-order chi connectivity index (χ0) is 18.7. The molecule has 6 heteroatoms. The van der Waals surface area contributed by atoms with E-state index < -0.39 is 5.92 Å². The van der Waals surface area contributed by atoms with Crippen molar-refractivity contribution in [2.24, 2.45) is 5.92 Å². The van der Waals surface area contributed by atoms with Crippen LogP contribution in [-0.2, 0) is 16.1 Å². The average Bonchev–Trinajstić information content (AvgIpc) is 3.02. The van der Waals surface area contributed by atoms with E-state index in [1.54, 1.807) is 30.2 Å². The lowest BCUT2D eigenvalue weighted by molar-refractivity contribution is -0.126. The van der Waals surface area contributed by atoms with Gasteiger partial charge in [-0.15, -0.1) is 0 Å². The predicted molar refractivity (Wildman–Crippen MR) is 101 cm³/mol. The molecule has 0 bridgehead atoms. The van der Waals surface area contributed by atoms with Crippen molar-refractivity contribution in [1.82, 2.24) is 5.32 Å². The molecule has 2 aromatic rings. The Morgan fingerprint density at radius 1 is 1.27 bits per heavy atom. The van der Waals surface area contributed by atoms with E-state index in [9.17, 15) is 9.59 Å². The van der Waals surface area contributed by atoms with Gasteiger partial charge in [-0.05, 0) is 30.7 Å². The Hall–Kier alpha value is -2.53. The van der Waals surface area contributed by atoms with Gasteiger partial charge in [0, 0.05) is 24.5 Å². The highest BCUT2D eigenvalue weighted by Gasteiger charge is 2.36. The van der Waals surface area contributed by atoms with Crippen molar-refractivity contribution < 1.29 is 14.3 Å². The van der Waals surface area contributed by atoms with Gasteiger partial charge in [-0.1, -0.05) is 41.4 Å². The molecule has 0 unspecified atom stereocenters. The topological polar surface area (TPSA) is 58.6 Å². The molecule has 2 aromatic carbocycles. The molecule has 1 aliphatic heterocycles. The first-order valence-corrected chi connectivity index (χ1v) is 8.83. The SMILES string of the molecule is COc1ccc(Cl)cc1N1C[C@H](C(=O)NCc2ccc(C)cc2)CC1=O. The summed E-state index contributed by atoms with van der Waals surface area (Å²) in [5.41, 5.74) is 2.80. The van der Waals surface area contributed by atoms with Crippen LogP contribution in [0.4, 0.5) is 5.69 Å². The lowest BCUT2D eigenvalue weighted by atomic mass is 10.1. The van der Waals surface area contributed by atoms with E-state index in [0.717, 1.165) is 5.56 Å². The molecule has 0 spiro atoms. The van der Waals surface area contributed by atoms with Gasteiger partial charge >= 0.3 is 0 Å². The molecule has 1 N–H and O–H groups in total. The highest BCUT2D eigenvalue weighted by Crippen LogP contribution is 2.35. The van der Waals surface area contributed by atoms with Gasteiger partial charge in [0.1, 0.15) is 5.75 Å². The summed E-state index contributed by atoms with van der Waals surface area (Å²) in [6.07, 6.45) is 0.176. The molecule has 1 saturated heterocycles. The van der Waals surface area contributed by atoms with E-state index in [4.69, 9.17) is 16.3 Å². The number of aryl methyl sites for hydroxylation is 1. The molecule has 0 saturated carbocycles. The van der Waals surface area contributed by atoms with Crippen molar-refractivity contribution in [2.45, 2.75) is 19.9 Å². The number of benzene rings is 2. The second-order valence-electron chi connectivity index (χ2n) is 6.42. The first kappa shape index (κ1) is 18.3. The average molecular weight is 373 g/mol. The van der Waals surface area contributed by atoms with Crippen molar-refractivity contribution >= 4 is 29.1 Å². The Labute approximate surface area is 157 Å². The Bertz CT molecular complexity index is 820. The second kappa shape index (κ2) is 7.79. The number of ether oxygens (including phenoxy) is 1. The fourth-order valence-electron chi connectivity index (χ4n) is 3.03. The standard InChI is InChI=1S/C20H21ClN2O3/c1-13-3-5-14(6-4-13)11-22-20(25)15-9-19(24)23(12-15)17-10-16(21)7-8-18(17)26-2/h3-8,10,15H,9,11-12H2,1-2H3,(H,22,25)/t15-/m1/s1. The Morgan fingerprint density at radius 2 is 2.00 bits per heavy atom. The first-order valence-electron chi connectivity index (χ1n) is 8.45. The third-order valence-electron chi connectivity index (χ3n) is 4.51. The number of halogens is 1. The summed E-state index contributed by atoms with van der Waals surface area (Å²) in [4.78, 5) is 26.5. The van der Waals surface area contributed by atoms with Crippen LogP contribution in [0.15, 0.2) is 42.5 Å². The third-order valence-corrected chi connectivity index (χ3v) is 4.75. The van der Waals surface area contributed by atoms with E-state index in [1.807, 2.05) is 31.2 Å². The number of nitrogens with one attached hydrogen (secondary N) is 1. The fraction of sp³-hybridized carbons (Fsp3) is 0.300. The number of anilines is 1. The van der Waals surface area contributed by atoms with Crippen LogP contribution in [-0.4, -0.2) is 25.5 Å². The monoisotopic (exact) mass is 372 g/mol. The number of amides is 2. The van der Waals surface area contributed by atoms with Crippen molar-refractivity contribution in [2.75, 3.05) is 18.6 Å². The van der Waals surface area contributed by atoms with Crippen LogP contribution in [0.5, 0.6) is 5.75 Å². The van der Waals surface area contributed by atoms with Gasteiger partial charge in [-0.25, -0.2) is 0 Å². The number of hydrogen-bond acceptors (Lipinski definition) is 3. The lowest BCUT2D eigenvalue weighted by Crippen LogP contribution is -2.32. The Morgan fingerprint density at radius 3 is 2.69 bits per heavy atom. The minimum absolute atomic E-state index is 0.110. The molecule has 1 fully saturated rings. The number of hydrogen-bond donors (Lipinski definition) is 1. The van der Waals surface area contributed by atoms with E-state index in [2.05, 4.69) is 5.32 Å². The minimum Gasteiger partial charge on any atom is -0.495 e. The molecule has 1 atom stereocenters. The molecule has 0 radical (unpaired) electrons. The highest BCUT2D eigenvalue weighted by atomic mass is 35.5. The van der Waals surface area contributed by atoms with E-state index >= 15 is 0 Å². The van der Waals surface area contributed by atoms with Crippen molar-refractivity contribution in [1.29, 1.82) is 0 Å². The maximum atomic E-state index is 12.5. The van der Waals surface area contributed by atoms with Gasteiger partial charge in [0.05, 0.1) is 18.7 Å². The second-order valence-corrected chi connectivity index (χ2v) is 6.86. The van der Waals surface area contributed by atoms with Gasteiger partial charge in [0.15, 0.2) is 0 Å². The van der Waals surface area contributed by atoms with Gasteiger partial charge in [0.25, 0.3) is 0 Å².